The van der Waals surface area contributed by atoms with Gasteiger partial charge in [0.2, 0.25) is 0 Å². The van der Waals surface area contributed by atoms with Gasteiger partial charge >= 0.3 is 0 Å². The number of hydrogen-bond donors (Lipinski definition) is 0. The van der Waals surface area contributed by atoms with Gasteiger partial charge in [-0.05, 0) is 29.8 Å². The van der Waals surface area contributed by atoms with Crippen LogP contribution in [0.4, 0.5) is 5.82 Å². The number of piperazine rings is 1. The maximum atomic E-state index is 6.12. The third kappa shape index (κ3) is 3.69. The molecule has 6 nitrogen and oxygen atoms in total. The number of fused-ring (bicyclic) bond motifs is 1. The van der Waals surface area contributed by atoms with Crippen LogP contribution in [0.25, 0.3) is 16.9 Å². The van der Waals surface area contributed by atoms with Crippen molar-refractivity contribution < 1.29 is 0 Å². The summed E-state index contributed by atoms with van der Waals surface area (Å²) < 4.78 is 2.11. The van der Waals surface area contributed by atoms with Gasteiger partial charge in [-0.15, -0.1) is 0 Å². The van der Waals surface area contributed by atoms with Gasteiger partial charge < -0.3 is 4.90 Å². The van der Waals surface area contributed by atoms with Crippen LogP contribution in [0.3, 0.4) is 0 Å². The maximum Gasteiger partial charge on any atom is 0.180 e. The Hall–Kier alpha value is -2.96. The fourth-order valence-corrected chi connectivity index (χ4v) is 4.09. The van der Waals surface area contributed by atoms with E-state index in [4.69, 9.17) is 11.6 Å². The normalized spacial score (nSPS) is 15.1. The molecule has 0 atom stereocenters. The Balaban J connectivity index is 1.34. The average molecular weight is 405 g/mol. The van der Waals surface area contributed by atoms with E-state index < -0.39 is 0 Å². The van der Waals surface area contributed by atoms with Gasteiger partial charge in [-0.3, -0.25) is 14.3 Å². The van der Waals surface area contributed by atoms with Crippen molar-refractivity contribution in [3.63, 3.8) is 0 Å². The zero-order valence-corrected chi connectivity index (χ0v) is 16.7. The molecule has 0 unspecified atom stereocenters. The Bertz CT molecular complexity index is 1120. The number of anilines is 1. The molecule has 1 aliphatic rings. The lowest BCUT2D eigenvalue weighted by Crippen LogP contribution is -2.46. The molecule has 5 rings (SSSR count). The average Bonchev–Trinajstić information content (AvgIpc) is 3.19. The van der Waals surface area contributed by atoms with Gasteiger partial charge in [0, 0.05) is 68.1 Å². The second-order valence-electron chi connectivity index (χ2n) is 7.22. The molecule has 0 saturated carbocycles. The molecule has 0 amide bonds. The molecule has 4 heterocycles. The van der Waals surface area contributed by atoms with Gasteiger partial charge in [-0.2, -0.15) is 0 Å². The van der Waals surface area contributed by atoms with Crippen LogP contribution in [0.1, 0.15) is 5.56 Å². The molecule has 4 aromatic rings. The van der Waals surface area contributed by atoms with Crippen LogP contribution in [-0.4, -0.2) is 50.4 Å². The monoisotopic (exact) mass is 404 g/mol. The number of hydrogen-bond acceptors (Lipinski definition) is 5. The highest BCUT2D eigenvalue weighted by Gasteiger charge is 2.21. The van der Waals surface area contributed by atoms with Crippen LogP contribution in [0, 0.1) is 0 Å². The van der Waals surface area contributed by atoms with E-state index in [-0.39, 0.29) is 0 Å². The largest absolute Gasteiger partial charge is 0.351 e. The lowest BCUT2D eigenvalue weighted by molar-refractivity contribution is 0.249. The first-order valence-electron chi connectivity index (χ1n) is 9.72. The molecule has 3 aromatic heterocycles. The zero-order chi connectivity index (χ0) is 19.6. The SMILES string of the molecule is Clc1cccc(CN2CCN(c3nccn4c(-c5ccncc5)cnc34)CC2)c1. The standard InChI is InChI=1S/C22H21ClN6/c23-19-3-1-2-17(14-19)16-27-10-12-28(13-11-27)21-22-26-15-20(29(22)9-8-25-21)18-4-6-24-7-5-18/h1-9,14-15H,10-13,16H2. The quantitative estimate of drug-likeness (QED) is 0.518. The summed E-state index contributed by atoms with van der Waals surface area (Å²) in [6, 6.07) is 12.1. The zero-order valence-electron chi connectivity index (χ0n) is 15.9. The van der Waals surface area contributed by atoms with Gasteiger partial charge in [0.15, 0.2) is 11.5 Å². The molecule has 0 radical (unpaired) electrons. The minimum absolute atomic E-state index is 0.793. The van der Waals surface area contributed by atoms with E-state index in [9.17, 15) is 0 Å². The van der Waals surface area contributed by atoms with E-state index in [0.717, 1.165) is 60.5 Å². The summed E-state index contributed by atoms with van der Waals surface area (Å²) in [6.45, 7) is 4.72. The van der Waals surface area contributed by atoms with Crippen molar-refractivity contribution in [2.24, 2.45) is 0 Å². The van der Waals surface area contributed by atoms with Crippen LogP contribution in [0.15, 0.2) is 67.4 Å². The smallest absolute Gasteiger partial charge is 0.180 e. The van der Waals surface area contributed by atoms with Crippen molar-refractivity contribution in [1.82, 2.24) is 24.3 Å². The molecule has 146 valence electrons. The second-order valence-corrected chi connectivity index (χ2v) is 7.65. The van der Waals surface area contributed by atoms with Crippen molar-refractivity contribution in [3.8, 4) is 11.3 Å². The third-order valence-corrected chi connectivity index (χ3v) is 5.59. The minimum atomic E-state index is 0.793. The number of nitrogens with zero attached hydrogens (tertiary/aromatic N) is 6. The fraction of sp³-hybridized carbons (Fsp3) is 0.227. The van der Waals surface area contributed by atoms with E-state index >= 15 is 0 Å². The van der Waals surface area contributed by atoms with Crippen molar-refractivity contribution >= 4 is 23.1 Å². The number of pyridine rings is 1. The molecular weight excluding hydrogens is 384 g/mol. The molecule has 0 N–H and O–H groups in total. The first-order chi connectivity index (χ1) is 14.3. The summed E-state index contributed by atoms with van der Waals surface area (Å²) in [7, 11) is 0. The van der Waals surface area contributed by atoms with Crippen molar-refractivity contribution in [1.29, 1.82) is 0 Å². The summed E-state index contributed by atoms with van der Waals surface area (Å²) in [5, 5.41) is 0.793. The fourth-order valence-electron chi connectivity index (χ4n) is 3.88. The number of halogens is 1. The number of imidazole rings is 1. The minimum Gasteiger partial charge on any atom is -0.351 e. The molecule has 29 heavy (non-hydrogen) atoms. The highest BCUT2D eigenvalue weighted by molar-refractivity contribution is 6.30. The van der Waals surface area contributed by atoms with Crippen LogP contribution in [-0.2, 0) is 6.54 Å². The number of benzene rings is 1. The van der Waals surface area contributed by atoms with Gasteiger partial charge in [0.25, 0.3) is 0 Å². The first kappa shape index (κ1) is 18.1. The van der Waals surface area contributed by atoms with E-state index in [1.807, 2.05) is 48.9 Å². The lowest BCUT2D eigenvalue weighted by atomic mass is 10.2. The molecule has 1 aliphatic heterocycles. The van der Waals surface area contributed by atoms with E-state index in [1.165, 1.54) is 5.56 Å². The van der Waals surface area contributed by atoms with Crippen LogP contribution < -0.4 is 4.90 Å². The highest BCUT2D eigenvalue weighted by Crippen LogP contribution is 2.25. The molecule has 1 saturated heterocycles. The Kier molecular flexibility index (Phi) is 4.87. The summed E-state index contributed by atoms with van der Waals surface area (Å²) >= 11 is 6.12. The van der Waals surface area contributed by atoms with Crippen molar-refractivity contribution in [2.45, 2.75) is 6.54 Å². The predicted molar refractivity (Wildman–Crippen MR) is 115 cm³/mol. The Morgan fingerprint density at radius 1 is 0.931 bits per heavy atom. The molecule has 0 spiro atoms. The summed E-state index contributed by atoms with van der Waals surface area (Å²) in [6.07, 6.45) is 9.33. The Morgan fingerprint density at radius 2 is 1.76 bits per heavy atom. The van der Waals surface area contributed by atoms with E-state index in [1.54, 1.807) is 12.4 Å². The molecule has 1 aromatic carbocycles. The third-order valence-electron chi connectivity index (χ3n) is 5.35. The van der Waals surface area contributed by atoms with Gasteiger partial charge in [-0.25, -0.2) is 9.97 Å². The topological polar surface area (TPSA) is 49.6 Å². The molecule has 7 heteroatoms. The first-order valence-corrected chi connectivity index (χ1v) is 10.1. The Morgan fingerprint density at radius 3 is 2.55 bits per heavy atom. The van der Waals surface area contributed by atoms with Gasteiger partial charge in [0.1, 0.15) is 0 Å². The van der Waals surface area contributed by atoms with Crippen LogP contribution in [0.5, 0.6) is 0 Å². The maximum absolute atomic E-state index is 6.12. The van der Waals surface area contributed by atoms with E-state index in [2.05, 4.69) is 35.2 Å². The molecule has 1 fully saturated rings. The van der Waals surface area contributed by atoms with Crippen LogP contribution >= 0.6 is 11.6 Å². The van der Waals surface area contributed by atoms with E-state index in [0.29, 0.717) is 0 Å². The lowest BCUT2D eigenvalue weighted by Gasteiger charge is -2.35. The van der Waals surface area contributed by atoms with Crippen molar-refractivity contribution in [3.05, 3.63) is 78.0 Å². The molecule has 0 aliphatic carbocycles. The molecular formula is C22H21ClN6. The van der Waals surface area contributed by atoms with Crippen molar-refractivity contribution in [2.75, 3.05) is 31.1 Å². The second kappa shape index (κ2) is 7.81. The summed E-state index contributed by atoms with van der Waals surface area (Å²) in [4.78, 5) is 18.2. The number of rotatable bonds is 4. The predicted octanol–water partition coefficient (Wildman–Crippen LogP) is 3.77. The Labute approximate surface area is 174 Å². The highest BCUT2D eigenvalue weighted by atomic mass is 35.5. The van der Waals surface area contributed by atoms with Gasteiger partial charge in [0.05, 0.1) is 11.9 Å². The number of aromatic nitrogens is 4. The summed E-state index contributed by atoms with van der Waals surface area (Å²) in [5.74, 6) is 0.940. The summed E-state index contributed by atoms with van der Waals surface area (Å²) in [5.41, 5.74) is 4.28. The molecule has 0 bridgehead atoms. The van der Waals surface area contributed by atoms with Gasteiger partial charge in [-0.1, -0.05) is 23.7 Å². The van der Waals surface area contributed by atoms with Crippen LogP contribution in [0.2, 0.25) is 5.02 Å².